The summed E-state index contributed by atoms with van der Waals surface area (Å²) in [5.41, 5.74) is 0.171. The van der Waals surface area contributed by atoms with E-state index >= 15 is 0 Å². The summed E-state index contributed by atoms with van der Waals surface area (Å²) in [6.45, 7) is 10.2. The number of rotatable bonds is 3. The molecule has 0 aliphatic carbocycles. The minimum Gasteiger partial charge on any atom is -0.314 e. The molecule has 2 heterocycles. The van der Waals surface area contributed by atoms with Crippen LogP contribution in [0.5, 0.6) is 0 Å². The van der Waals surface area contributed by atoms with Crippen molar-refractivity contribution in [2.75, 3.05) is 0 Å². The van der Waals surface area contributed by atoms with Crippen LogP contribution in [0.15, 0.2) is 0 Å². The second kappa shape index (κ2) is 3.62. The molecule has 84 valence electrons. The summed E-state index contributed by atoms with van der Waals surface area (Å²) in [5, 5.41) is 8.68. The SMILES string of the molecule is CCCC(C)(C)c1nnc2n1CC(C)C2. The van der Waals surface area contributed by atoms with Gasteiger partial charge in [0, 0.05) is 18.4 Å². The fraction of sp³-hybridized carbons (Fsp3) is 0.833. The molecule has 1 atom stereocenters. The average Bonchev–Trinajstić information content (AvgIpc) is 2.61. The van der Waals surface area contributed by atoms with Crippen molar-refractivity contribution in [1.29, 1.82) is 0 Å². The number of hydrogen-bond acceptors (Lipinski definition) is 2. The van der Waals surface area contributed by atoms with Crippen LogP contribution in [-0.4, -0.2) is 14.8 Å². The van der Waals surface area contributed by atoms with E-state index in [0.717, 1.165) is 18.9 Å². The lowest BCUT2D eigenvalue weighted by Gasteiger charge is -2.23. The zero-order valence-electron chi connectivity index (χ0n) is 10.2. The number of aromatic nitrogens is 3. The Labute approximate surface area is 91.9 Å². The Balaban J connectivity index is 2.31. The van der Waals surface area contributed by atoms with Crippen molar-refractivity contribution in [2.45, 2.75) is 58.9 Å². The molecule has 0 saturated heterocycles. The highest BCUT2D eigenvalue weighted by Gasteiger charge is 2.31. The Morgan fingerprint density at radius 2 is 2.13 bits per heavy atom. The van der Waals surface area contributed by atoms with Crippen LogP contribution in [0, 0.1) is 5.92 Å². The summed E-state index contributed by atoms with van der Waals surface area (Å²) in [4.78, 5) is 0. The van der Waals surface area contributed by atoms with Crippen molar-refractivity contribution < 1.29 is 0 Å². The lowest BCUT2D eigenvalue weighted by molar-refractivity contribution is 0.412. The molecule has 0 radical (unpaired) electrons. The van der Waals surface area contributed by atoms with E-state index in [1.807, 2.05) is 0 Å². The summed E-state index contributed by atoms with van der Waals surface area (Å²) in [6.07, 6.45) is 3.47. The van der Waals surface area contributed by atoms with Gasteiger partial charge in [-0.25, -0.2) is 0 Å². The standard InChI is InChI=1S/C12H21N3/c1-5-6-12(3,4)11-14-13-10-7-9(2)8-15(10)11/h9H,5-8H2,1-4H3. The molecule has 0 N–H and O–H groups in total. The van der Waals surface area contributed by atoms with E-state index in [9.17, 15) is 0 Å². The van der Waals surface area contributed by atoms with Gasteiger partial charge in [-0.3, -0.25) is 0 Å². The molecule has 1 aromatic rings. The Hall–Kier alpha value is -0.860. The van der Waals surface area contributed by atoms with Crippen LogP contribution in [0.1, 0.15) is 52.2 Å². The van der Waals surface area contributed by atoms with Crippen LogP contribution in [0.2, 0.25) is 0 Å². The highest BCUT2D eigenvalue weighted by molar-refractivity contribution is 5.10. The van der Waals surface area contributed by atoms with Gasteiger partial charge in [0.15, 0.2) is 0 Å². The zero-order chi connectivity index (χ0) is 11.1. The fourth-order valence-corrected chi connectivity index (χ4v) is 2.60. The maximum absolute atomic E-state index is 4.38. The molecule has 0 saturated carbocycles. The number of fused-ring (bicyclic) bond motifs is 1. The highest BCUT2D eigenvalue weighted by atomic mass is 15.3. The third-order valence-electron chi connectivity index (χ3n) is 3.33. The topological polar surface area (TPSA) is 30.7 Å². The zero-order valence-corrected chi connectivity index (χ0v) is 10.2. The molecule has 0 aromatic carbocycles. The summed E-state index contributed by atoms with van der Waals surface area (Å²) in [5.74, 6) is 3.09. The van der Waals surface area contributed by atoms with Crippen molar-refractivity contribution in [1.82, 2.24) is 14.8 Å². The van der Waals surface area contributed by atoms with E-state index in [2.05, 4.69) is 42.5 Å². The van der Waals surface area contributed by atoms with E-state index < -0.39 is 0 Å². The van der Waals surface area contributed by atoms with Gasteiger partial charge in [0.1, 0.15) is 11.6 Å². The van der Waals surface area contributed by atoms with Crippen LogP contribution in [0.3, 0.4) is 0 Å². The minimum atomic E-state index is 0.171. The smallest absolute Gasteiger partial charge is 0.138 e. The Kier molecular flexibility index (Phi) is 2.57. The van der Waals surface area contributed by atoms with Gasteiger partial charge in [-0.1, -0.05) is 34.1 Å². The average molecular weight is 207 g/mol. The maximum Gasteiger partial charge on any atom is 0.138 e. The Morgan fingerprint density at radius 1 is 1.40 bits per heavy atom. The van der Waals surface area contributed by atoms with Gasteiger partial charge in [-0.2, -0.15) is 0 Å². The van der Waals surface area contributed by atoms with E-state index in [4.69, 9.17) is 0 Å². The quantitative estimate of drug-likeness (QED) is 0.762. The van der Waals surface area contributed by atoms with Gasteiger partial charge in [0.05, 0.1) is 0 Å². The number of nitrogens with zero attached hydrogens (tertiary/aromatic N) is 3. The molecule has 3 heteroatoms. The van der Waals surface area contributed by atoms with Crippen molar-refractivity contribution in [3.05, 3.63) is 11.6 Å². The molecule has 0 fully saturated rings. The van der Waals surface area contributed by atoms with Crippen LogP contribution >= 0.6 is 0 Å². The minimum absolute atomic E-state index is 0.171. The third-order valence-corrected chi connectivity index (χ3v) is 3.33. The molecule has 1 aromatic heterocycles. The monoisotopic (exact) mass is 207 g/mol. The van der Waals surface area contributed by atoms with Gasteiger partial charge in [0.2, 0.25) is 0 Å². The molecule has 0 amide bonds. The predicted octanol–water partition coefficient (Wildman–Crippen LogP) is 2.55. The van der Waals surface area contributed by atoms with Crippen LogP contribution in [0.25, 0.3) is 0 Å². The molecule has 15 heavy (non-hydrogen) atoms. The molecule has 0 bridgehead atoms. The summed E-state index contributed by atoms with van der Waals surface area (Å²) in [6, 6.07) is 0. The van der Waals surface area contributed by atoms with Gasteiger partial charge in [-0.05, 0) is 12.3 Å². The Morgan fingerprint density at radius 3 is 2.80 bits per heavy atom. The first kappa shape index (κ1) is 10.7. The summed E-state index contributed by atoms with van der Waals surface area (Å²) >= 11 is 0. The first-order chi connectivity index (χ1) is 7.04. The molecular weight excluding hydrogens is 186 g/mol. The van der Waals surface area contributed by atoms with E-state index in [1.165, 1.54) is 24.5 Å². The molecule has 1 aliphatic heterocycles. The largest absolute Gasteiger partial charge is 0.314 e. The molecule has 2 rings (SSSR count). The van der Waals surface area contributed by atoms with Crippen LogP contribution < -0.4 is 0 Å². The predicted molar refractivity (Wildman–Crippen MR) is 60.8 cm³/mol. The second-order valence-electron chi connectivity index (χ2n) is 5.49. The van der Waals surface area contributed by atoms with Crippen molar-refractivity contribution in [3.8, 4) is 0 Å². The molecule has 3 nitrogen and oxygen atoms in total. The lowest BCUT2D eigenvalue weighted by atomic mass is 9.87. The van der Waals surface area contributed by atoms with Gasteiger partial charge in [0.25, 0.3) is 0 Å². The third kappa shape index (κ3) is 1.80. The highest BCUT2D eigenvalue weighted by Crippen LogP contribution is 2.30. The maximum atomic E-state index is 4.38. The summed E-state index contributed by atoms with van der Waals surface area (Å²) < 4.78 is 2.33. The van der Waals surface area contributed by atoms with Crippen molar-refractivity contribution >= 4 is 0 Å². The molecule has 1 aliphatic rings. The lowest BCUT2D eigenvalue weighted by Crippen LogP contribution is -2.23. The van der Waals surface area contributed by atoms with Crippen molar-refractivity contribution in [2.24, 2.45) is 5.92 Å². The van der Waals surface area contributed by atoms with Crippen LogP contribution in [-0.2, 0) is 18.4 Å². The Bertz CT molecular complexity index is 352. The van der Waals surface area contributed by atoms with E-state index in [1.54, 1.807) is 0 Å². The normalized spacial score (nSPS) is 20.7. The second-order valence-corrected chi connectivity index (χ2v) is 5.49. The molecule has 1 unspecified atom stereocenters. The summed E-state index contributed by atoms with van der Waals surface area (Å²) in [7, 11) is 0. The van der Waals surface area contributed by atoms with Gasteiger partial charge in [-0.15, -0.1) is 10.2 Å². The first-order valence-electron chi connectivity index (χ1n) is 5.97. The first-order valence-corrected chi connectivity index (χ1v) is 5.97. The number of hydrogen-bond donors (Lipinski definition) is 0. The molecular formula is C12H21N3. The van der Waals surface area contributed by atoms with E-state index in [0.29, 0.717) is 0 Å². The van der Waals surface area contributed by atoms with Gasteiger partial charge >= 0.3 is 0 Å². The van der Waals surface area contributed by atoms with E-state index in [-0.39, 0.29) is 5.41 Å². The fourth-order valence-electron chi connectivity index (χ4n) is 2.60. The molecule has 0 spiro atoms. The van der Waals surface area contributed by atoms with Crippen LogP contribution in [0.4, 0.5) is 0 Å². The van der Waals surface area contributed by atoms with Crippen molar-refractivity contribution in [3.63, 3.8) is 0 Å². The van der Waals surface area contributed by atoms with Gasteiger partial charge < -0.3 is 4.57 Å².